The number of aliphatic hydroxyl groups excluding tert-OH is 4. The zero-order valence-corrected chi connectivity index (χ0v) is 40.5. The van der Waals surface area contributed by atoms with Crippen molar-refractivity contribution in [1.29, 1.82) is 0 Å². The monoisotopic (exact) mass is 961 g/mol. The average molecular weight is 962 g/mol. The van der Waals surface area contributed by atoms with Crippen molar-refractivity contribution in [3.63, 3.8) is 0 Å². The Labute approximate surface area is 405 Å². The first-order chi connectivity index (χ1) is 33.0. The van der Waals surface area contributed by atoms with Crippen LogP contribution in [0.2, 0.25) is 0 Å². The molecule has 5 aromatic carbocycles. The van der Waals surface area contributed by atoms with Crippen molar-refractivity contribution in [2.24, 2.45) is 17.8 Å². The second kappa shape index (κ2) is 21.6. The number of aliphatic hydroxyl groups is 4. The lowest BCUT2D eigenvalue weighted by Crippen LogP contribution is -2.61. The van der Waals surface area contributed by atoms with Gasteiger partial charge < -0.3 is 55.2 Å². The summed E-state index contributed by atoms with van der Waals surface area (Å²) in [7, 11) is 7.85. The predicted molar refractivity (Wildman–Crippen MR) is 267 cm³/mol. The van der Waals surface area contributed by atoms with E-state index in [1.165, 1.54) is 28.7 Å². The smallest absolute Gasteiger partial charge is 0.186 e. The molecule has 7 atom stereocenters. The predicted octanol–water partition coefficient (Wildman–Crippen LogP) is 7.36. The number of fused-ring (bicyclic) bond motifs is 2. The zero-order chi connectivity index (χ0) is 48.1. The molecule has 6 aromatic rings. The molecule has 2 aliphatic rings. The highest BCUT2D eigenvalue weighted by molar-refractivity contribution is 8.76. The van der Waals surface area contributed by atoms with Crippen molar-refractivity contribution in [1.82, 2.24) is 10.3 Å². The number of aryl methyl sites for hydroxylation is 1. The number of phenolic OH excluding ortho intramolecular Hbond substituents is 2. The van der Waals surface area contributed by atoms with Gasteiger partial charge in [-0.1, -0.05) is 88.7 Å². The van der Waals surface area contributed by atoms with Gasteiger partial charge in [-0.05, 0) is 131 Å². The third-order valence-corrected chi connectivity index (χ3v) is 17.0. The number of hydrogen-bond acceptors (Lipinski definition) is 13. The van der Waals surface area contributed by atoms with Crippen molar-refractivity contribution in [3.8, 4) is 28.7 Å². The molecule has 1 aliphatic carbocycles. The van der Waals surface area contributed by atoms with Gasteiger partial charge in [-0.15, -0.1) is 0 Å². The minimum atomic E-state index is -1.67. The lowest BCUT2D eigenvalue weighted by Gasteiger charge is -2.49. The van der Waals surface area contributed by atoms with E-state index in [1.54, 1.807) is 62.9 Å². The van der Waals surface area contributed by atoms with Crippen LogP contribution in [0.1, 0.15) is 68.7 Å². The Morgan fingerprint density at radius 1 is 0.897 bits per heavy atom. The van der Waals surface area contributed by atoms with Gasteiger partial charge in [0.1, 0.15) is 5.75 Å². The first-order valence-corrected chi connectivity index (χ1v) is 25.5. The van der Waals surface area contributed by atoms with Gasteiger partial charge in [0.2, 0.25) is 0 Å². The molecule has 7 unspecified atom stereocenters. The fourth-order valence-electron chi connectivity index (χ4n) is 10.9. The maximum absolute atomic E-state index is 16.4. The average Bonchev–Trinajstić information content (AvgIpc) is 3.85. The second-order valence-corrected chi connectivity index (χ2v) is 20.7. The third-order valence-electron chi connectivity index (χ3n) is 14.1. The molecule has 7 N–H and O–H groups in total. The summed E-state index contributed by atoms with van der Waals surface area (Å²) in [4.78, 5) is 20.7. The number of ketones is 1. The molecule has 12 nitrogen and oxygen atoms in total. The number of carbonyl (C=O) groups excluding carboxylic acids is 1. The maximum Gasteiger partial charge on any atom is 0.186 e. The van der Waals surface area contributed by atoms with E-state index in [0.717, 1.165) is 50.6 Å². The normalized spacial score (nSPS) is 23.3. The summed E-state index contributed by atoms with van der Waals surface area (Å²) in [5.74, 6) is -1.26. The van der Waals surface area contributed by atoms with Crippen LogP contribution in [0.3, 0.4) is 0 Å². The number of aromatic nitrogens is 1. The van der Waals surface area contributed by atoms with Crippen LogP contribution in [0.15, 0.2) is 97.3 Å². The molecule has 0 radical (unpaired) electrons. The number of phenols is 2. The van der Waals surface area contributed by atoms with Crippen molar-refractivity contribution in [2.45, 2.75) is 74.9 Å². The fourth-order valence-corrected chi connectivity index (χ4v) is 13.8. The van der Waals surface area contributed by atoms with Gasteiger partial charge in [0, 0.05) is 30.2 Å². The van der Waals surface area contributed by atoms with Gasteiger partial charge in [-0.3, -0.25) is 4.79 Å². The van der Waals surface area contributed by atoms with Crippen molar-refractivity contribution < 1.29 is 49.6 Å². The summed E-state index contributed by atoms with van der Waals surface area (Å²) >= 11 is 0. The molecule has 14 heteroatoms. The van der Waals surface area contributed by atoms with Crippen molar-refractivity contribution in [2.75, 3.05) is 40.4 Å². The summed E-state index contributed by atoms with van der Waals surface area (Å²) < 4.78 is 17.1. The summed E-state index contributed by atoms with van der Waals surface area (Å²) in [5, 5.41) is 74.5. The van der Waals surface area contributed by atoms with E-state index in [0.29, 0.717) is 65.5 Å². The van der Waals surface area contributed by atoms with Gasteiger partial charge >= 0.3 is 0 Å². The molecular weight excluding hydrogens is 901 g/mol. The fraction of sp³-hybridized carbons (Fsp3) is 0.389. The van der Waals surface area contributed by atoms with E-state index < -0.39 is 42.2 Å². The van der Waals surface area contributed by atoms with E-state index in [2.05, 4.69) is 41.5 Å². The SMILES string of the molecule is CCc1ccc2cccc3c2c1Cc1c(ccc(O)c1OC)CC(Cc1cc[n-]c1)C(O)C1C(=O)C(Cc2ccc(OCO)c(OC)c2)(c2cc(O)cc(CNC)c2)C(O)CC1CSSC3CO. The first-order valence-electron chi connectivity index (χ1n) is 23.1. The number of rotatable bonds is 13. The van der Waals surface area contributed by atoms with Crippen LogP contribution in [0.25, 0.3) is 10.8 Å². The van der Waals surface area contributed by atoms with Crippen molar-refractivity contribution in [3.05, 3.63) is 147 Å². The van der Waals surface area contributed by atoms with Crippen LogP contribution in [0, 0.1) is 17.8 Å². The topological polar surface area (TPSA) is 192 Å². The summed E-state index contributed by atoms with van der Waals surface area (Å²) in [5.41, 5.74) is 5.71. The number of nitrogens with one attached hydrogen (secondary N) is 1. The minimum absolute atomic E-state index is 0.0159. The highest BCUT2D eigenvalue weighted by Gasteiger charge is 2.57. The molecule has 1 fully saturated rings. The summed E-state index contributed by atoms with van der Waals surface area (Å²) in [6, 6.07) is 26.0. The quantitative estimate of drug-likeness (QED) is 0.0449. The van der Waals surface area contributed by atoms with Gasteiger partial charge in [0.15, 0.2) is 35.6 Å². The standard InChI is InChI=1S/C54H61N2O10S2/c1-5-34-10-11-35-7-6-8-41-47(28-57)68-67-29-38-22-48(61)54(39-18-33(26-55-2)19-40(59)23-39,25-31-9-14-45(66-30-58)46(20-31)64-3)53(63)50(38)51(62)37(17-32-15-16-56-27-32)21-36-12-13-44(60)52(65-4)43(36)24-42(34)49(35)41/h6-16,18-20,23,27,37-38,47-48,50-51,55,57-62H,5,17,21-22,24-26,28-30H2,1-4H3/q-1. The Balaban J connectivity index is 1.34. The molecule has 0 bridgehead atoms. The van der Waals surface area contributed by atoms with Gasteiger partial charge in [0.25, 0.3) is 0 Å². The van der Waals surface area contributed by atoms with Crippen LogP contribution >= 0.6 is 21.6 Å². The number of carbonyl (C=O) groups is 1. The first kappa shape index (κ1) is 49.2. The number of nitrogens with zero attached hydrogens (tertiary/aromatic N) is 1. The van der Waals surface area contributed by atoms with Crippen LogP contribution in [-0.2, 0) is 48.9 Å². The van der Waals surface area contributed by atoms with E-state index >= 15 is 4.79 Å². The molecule has 1 saturated carbocycles. The molecule has 1 aliphatic heterocycles. The maximum atomic E-state index is 16.4. The Kier molecular flexibility index (Phi) is 15.7. The molecule has 0 saturated heterocycles. The lowest BCUT2D eigenvalue weighted by molar-refractivity contribution is -0.149. The number of benzene rings is 5. The van der Waals surface area contributed by atoms with Gasteiger partial charge in [-0.2, -0.15) is 12.4 Å². The Hall–Kier alpha value is -5.19. The molecular formula is C54H61N2O10S2-. The molecule has 1 aromatic heterocycles. The highest BCUT2D eigenvalue weighted by Crippen LogP contribution is 2.52. The zero-order valence-electron chi connectivity index (χ0n) is 38.9. The van der Waals surface area contributed by atoms with Crippen LogP contribution in [-0.4, -0.2) is 89.1 Å². The van der Waals surface area contributed by atoms with Gasteiger partial charge in [-0.25, -0.2) is 0 Å². The molecule has 360 valence electrons. The molecule has 0 amide bonds. The highest BCUT2D eigenvalue weighted by atomic mass is 33.1. The largest absolute Gasteiger partial charge is 0.670 e. The third kappa shape index (κ3) is 9.69. The van der Waals surface area contributed by atoms with Crippen molar-refractivity contribution >= 4 is 38.1 Å². The lowest BCUT2D eigenvalue weighted by atomic mass is 9.55. The number of methoxy groups -OCH3 is 2. The molecule has 8 rings (SSSR count). The van der Waals surface area contributed by atoms with Crippen LogP contribution in [0.4, 0.5) is 0 Å². The summed E-state index contributed by atoms with van der Waals surface area (Å²) in [6.45, 7) is 1.76. The molecule has 2 heterocycles. The molecule has 0 spiro atoms. The number of Topliss-reactive ketones (excluding diaryl/α,β-unsaturated/α-hetero) is 1. The van der Waals surface area contributed by atoms with Gasteiger partial charge in [0.05, 0.1) is 43.7 Å². The number of aromatic hydroxyl groups is 2. The number of hydrogen-bond donors (Lipinski definition) is 7. The van der Waals surface area contributed by atoms with E-state index in [1.807, 2.05) is 24.3 Å². The van der Waals surface area contributed by atoms with Crippen LogP contribution in [0.5, 0.6) is 28.7 Å². The van der Waals surface area contributed by atoms with E-state index in [9.17, 15) is 30.6 Å². The molecule has 68 heavy (non-hydrogen) atoms. The van der Waals surface area contributed by atoms with E-state index in [4.69, 9.17) is 14.2 Å². The van der Waals surface area contributed by atoms with Crippen LogP contribution < -0.4 is 24.5 Å². The minimum Gasteiger partial charge on any atom is -0.670 e. The van der Waals surface area contributed by atoms with E-state index in [-0.39, 0.29) is 42.0 Å². The Bertz CT molecular complexity index is 2710. The Morgan fingerprint density at radius 3 is 2.46 bits per heavy atom. The summed E-state index contributed by atoms with van der Waals surface area (Å²) in [6.07, 6.45) is 2.86. The Morgan fingerprint density at radius 2 is 1.74 bits per heavy atom. The number of ether oxygens (including phenoxy) is 3. The second-order valence-electron chi connectivity index (χ2n) is 18.0.